The molecule has 2 fully saturated rings. The average Bonchev–Trinajstić information content (AvgIpc) is 2.78. The number of esters is 1. The minimum absolute atomic E-state index is 0.287. The fourth-order valence-corrected chi connectivity index (χ4v) is 4.79. The Morgan fingerprint density at radius 2 is 1.77 bits per heavy atom. The number of hydrogen-bond donors (Lipinski definition) is 1. The van der Waals surface area contributed by atoms with Crippen LogP contribution in [0.5, 0.6) is 0 Å². The molecule has 1 N–H and O–H groups in total. The van der Waals surface area contributed by atoms with Gasteiger partial charge in [-0.2, -0.15) is 0 Å². The second-order valence-electron chi connectivity index (χ2n) is 8.11. The van der Waals surface area contributed by atoms with Gasteiger partial charge in [-0.1, -0.05) is 30.2 Å². The number of halogens is 1. The SMILES string of the molecule is O=C(OCC1CCCN2CCCCC12)c1ccc(NC(=O)c2ccccc2Cl)cc1. The molecule has 4 rings (SSSR count). The first-order chi connectivity index (χ1) is 14.6. The summed E-state index contributed by atoms with van der Waals surface area (Å²) in [6, 6.07) is 14.2. The Morgan fingerprint density at radius 3 is 2.57 bits per heavy atom. The molecule has 158 valence electrons. The minimum atomic E-state index is -0.313. The molecular formula is C24H27ClN2O3. The minimum Gasteiger partial charge on any atom is -0.462 e. The number of amides is 1. The number of benzene rings is 2. The lowest BCUT2D eigenvalue weighted by Crippen LogP contribution is -2.49. The van der Waals surface area contributed by atoms with E-state index in [0.717, 1.165) is 6.42 Å². The molecule has 0 bridgehead atoms. The number of anilines is 1. The van der Waals surface area contributed by atoms with Gasteiger partial charge in [-0.05, 0) is 75.2 Å². The number of hydrogen-bond acceptors (Lipinski definition) is 4. The Labute approximate surface area is 182 Å². The van der Waals surface area contributed by atoms with Crippen LogP contribution in [0.3, 0.4) is 0 Å². The highest BCUT2D eigenvalue weighted by Crippen LogP contribution is 2.31. The molecule has 30 heavy (non-hydrogen) atoms. The first-order valence-corrected chi connectivity index (χ1v) is 11.1. The van der Waals surface area contributed by atoms with Crippen LogP contribution in [0.2, 0.25) is 5.02 Å². The number of fused-ring (bicyclic) bond motifs is 1. The highest BCUT2D eigenvalue weighted by atomic mass is 35.5. The van der Waals surface area contributed by atoms with E-state index in [-0.39, 0.29) is 11.9 Å². The normalized spacial score (nSPS) is 21.5. The molecule has 0 saturated carbocycles. The van der Waals surface area contributed by atoms with Crippen LogP contribution >= 0.6 is 11.6 Å². The summed E-state index contributed by atoms with van der Waals surface area (Å²) >= 11 is 6.07. The molecule has 0 aromatic heterocycles. The highest BCUT2D eigenvalue weighted by molar-refractivity contribution is 6.34. The Bertz CT molecular complexity index is 898. The van der Waals surface area contributed by atoms with Gasteiger partial charge in [-0.3, -0.25) is 9.69 Å². The number of nitrogens with one attached hydrogen (secondary N) is 1. The van der Waals surface area contributed by atoms with Crippen molar-refractivity contribution in [3.63, 3.8) is 0 Å². The topological polar surface area (TPSA) is 58.6 Å². The van der Waals surface area contributed by atoms with Crippen molar-refractivity contribution in [1.82, 2.24) is 4.90 Å². The predicted octanol–water partition coefficient (Wildman–Crippen LogP) is 5.01. The van der Waals surface area contributed by atoms with E-state index in [2.05, 4.69) is 10.2 Å². The molecular weight excluding hydrogens is 400 g/mol. The molecule has 2 aliphatic heterocycles. The third-order valence-corrected chi connectivity index (χ3v) is 6.48. The molecule has 2 saturated heterocycles. The van der Waals surface area contributed by atoms with E-state index in [1.165, 1.54) is 38.8 Å². The highest BCUT2D eigenvalue weighted by Gasteiger charge is 2.33. The number of rotatable bonds is 5. The standard InChI is InChI=1S/C24H27ClN2O3/c25-21-8-2-1-7-20(21)23(28)26-19-12-10-17(11-13-19)24(29)30-16-18-6-5-15-27-14-4-3-9-22(18)27/h1-2,7-8,10-13,18,22H,3-6,9,14-16H2,(H,26,28). The van der Waals surface area contributed by atoms with E-state index >= 15 is 0 Å². The third-order valence-electron chi connectivity index (χ3n) is 6.15. The van der Waals surface area contributed by atoms with Crippen LogP contribution in [0.4, 0.5) is 5.69 Å². The third kappa shape index (κ3) is 4.85. The smallest absolute Gasteiger partial charge is 0.338 e. The number of ether oxygens (including phenoxy) is 1. The van der Waals surface area contributed by atoms with Gasteiger partial charge in [-0.25, -0.2) is 4.79 Å². The van der Waals surface area contributed by atoms with Gasteiger partial charge in [-0.15, -0.1) is 0 Å². The van der Waals surface area contributed by atoms with Gasteiger partial charge in [0.2, 0.25) is 0 Å². The largest absolute Gasteiger partial charge is 0.462 e. The summed E-state index contributed by atoms with van der Waals surface area (Å²) in [5.74, 6) is -0.172. The molecule has 1 amide bonds. The van der Waals surface area contributed by atoms with Crippen LogP contribution in [0.15, 0.2) is 48.5 Å². The zero-order valence-corrected chi connectivity index (χ0v) is 17.7. The van der Waals surface area contributed by atoms with Gasteiger partial charge < -0.3 is 10.1 Å². The Hall–Kier alpha value is -2.37. The van der Waals surface area contributed by atoms with E-state index in [9.17, 15) is 9.59 Å². The van der Waals surface area contributed by atoms with Crippen molar-refractivity contribution >= 4 is 29.2 Å². The lowest BCUT2D eigenvalue weighted by molar-refractivity contribution is 0.00739. The lowest BCUT2D eigenvalue weighted by atomic mass is 9.84. The second-order valence-corrected chi connectivity index (χ2v) is 8.52. The Balaban J connectivity index is 1.32. The van der Waals surface area contributed by atoms with Gasteiger partial charge in [0.05, 0.1) is 22.8 Å². The lowest BCUT2D eigenvalue weighted by Gasteiger charge is -2.44. The van der Waals surface area contributed by atoms with Crippen molar-refractivity contribution in [3.05, 3.63) is 64.7 Å². The van der Waals surface area contributed by atoms with E-state index in [1.54, 1.807) is 48.5 Å². The predicted molar refractivity (Wildman–Crippen MR) is 118 cm³/mol. The van der Waals surface area contributed by atoms with E-state index in [0.29, 0.717) is 40.4 Å². The second kappa shape index (κ2) is 9.63. The maximum absolute atomic E-state index is 12.5. The van der Waals surface area contributed by atoms with Crippen molar-refractivity contribution < 1.29 is 14.3 Å². The van der Waals surface area contributed by atoms with Gasteiger partial charge >= 0.3 is 5.97 Å². The first kappa shape index (κ1) is 20.9. The summed E-state index contributed by atoms with van der Waals surface area (Å²) in [5.41, 5.74) is 1.50. The monoisotopic (exact) mass is 426 g/mol. The Kier molecular flexibility index (Phi) is 6.70. The summed E-state index contributed by atoms with van der Waals surface area (Å²) < 4.78 is 5.65. The van der Waals surface area contributed by atoms with Gasteiger partial charge in [0.15, 0.2) is 0 Å². The fourth-order valence-electron chi connectivity index (χ4n) is 4.57. The van der Waals surface area contributed by atoms with Crippen LogP contribution in [0.1, 0.15) is 52.8 Å². The average molecular weight is 427 g/mol. The molecule has 0 spiro atoms. The Morgan fingerprint density at radius 1 is 1.00 bits per heavy atom. The zero-order valence-electron chi connectivity index (χ0n) is 17.0. The van der Waals surface area contributed by atoms with Crippen molar-refractivity contribution in [1.29, 1.82) is 0 Å². The molecule has 2 heterocycles. The summed E-state index contributed by atoms with van der Waals surface area (Å²) in [6.45, 7) is 2.83. The van der Waals surface area contributed by atoms with Crippen LogP contribution in [0.25, 0.3) is 0 Å². The zero-order chi connectivity index (χ0) is 20.9. The van der Waals surface area contributed by atoms with Crippen LogP contribution in [0, 0.1) is 5.92 Å². The van der Waals surface area contributed by atoms with E-state index in [1.807, 2.05) is 0 Å². The summed E-state index contributed by atoms with van der Waals surface area (Å²) in [4.78, 5) is 27.4. The summed E-state index contributed by atoms with van der Waals surface area (Å²) in [7, 11) is 0. The molecule has 5 nitrogen and oxygen atoms in total. The molecule has 2 atom stereocenters. The molecule has 0 aliphatic carbocycles. The van der Waals surface area contributed by atoms with Crippen molar-refractivity contribution in [2.24, 2.45) is 5.92 Å². The molecule has 2 aromatic rings. The maximum Gasteiger partial charge on any atom is 0.338 e. The molecule has 2 aliphatic rings. The number of carbonyl (C=O) groups is 2. The molecule has 2 aromatic carbocycles. The van der Waals surface area contributed by atoms with Crippen LogP contribution < -0.4 is 5.32 Å². The molecule has 2 unspecified atom stereocenters. The van der Waals surface area contributed by atoms with Crippen LogP contribution in [-0.4, -0.2) is 42.5 Å². The molecule has 0 radical (unpaired) electrons. The summed E-state index contributed by atoms with van der Waals surface area (Å²) in [5, 5.41) is 3.20. The van der Waals surface area contributed by atoms with Gasteiger partial charge in [0.25, 0.3) is 5.91 Å². The van der Waals surface area contributed by atoms with Crippen molar-refractivity contribution in [2.45, 2.75) is 38.1 Å². The number of nitrogens with zero attached hydrogens (tertiary/aromatic N) is 1. The van der Waals surface area contributed by atoms with Gasteiger partial charge in [0.1, 0.15) is 0 Å². The quantitative estimate of drug-likeness (QED) is 0.682. The summed E-state index contributed by atoms with van der Waals surface area (Å²) in [6.07, 6.45) is 6.07. The first-order valence-electron chi connectivity index (χ1n) is 10.7. The van der Waals surface area contributed by atoms with Crippen molar-refractivity contribution in [2.75, 3.05) is 25.0 Å². The van der Waals surface area contributed by atoms with E-state index in [4.69, 9.17) is 16.3 Å². The maximum atomic E-state index is 12.5. The van der Waals surface area contributed by atoms with Crippen molar-refractivity contribution in [3.8, 4) is 0 Å². The van der Waals surface area contributed by atoms with E-state index < -0.39 is 0 Å². The number of piperidine rings is 2. The van der Waals surface area contributed by atoms with Gasteiger partial charge in [0, 0.05) is 17.6 Å². The number of carbonyl (C=O) groups excluding carboxylic acids is 2. The molecule has 6 heteroatoms. The van der Waals surface area contributed by atoms with Crippen LogP contribution in [-0.2, 0) is 4.74 Å². The fraction of sp³-hybridized carbons (Fsp3) is 0.417.